The van der Waals surface area contributed by atoms with Crippen molar-refractivity contribution in [3.8, 4) is 0 Å². The van der Waals surface area contributed by atoms with Gasteiger partial charge in [0.15, 0.2) is 15.1 Å². The Morgan fingerprint density at radius 2 is 1.65 bits per heavy atom. The van der Waals surface area contributed by atoms with Gasteiger partial charge < -0.3 is 11.5 Å². The van der Waals surface area contributed by atoms with Crippen LogP contribution in [0.5, 0.6) is 0 Å². The molecule has 1 atom stereocenters. The number of benzene rings is 1. The number of carbonyl (C=O) groups is 2. The number of hydrogen-bond donors (Lipinski definition) is 2. The Balaban J connectivity index is 3.19. The molecule has 7 heteroatoms. The third-order valence-electron chi connectivity index (χ3n) is 2.15. The molecule has 0 aliphatic rings. The van der Waals surface area contributed by atoms with E-state index in [4.69, 9.17) is 11.5 Å². The standard InChI is InChI=1S/C10H12N2O4S/c11-9(13)6-8(10(12)14)17(15,16)7-4-2-1-3-5-7/h1-5,8H,6H2,(H2,11,13)(H2,12,14). The number of rotatable bonds is 5. The second-order valence-corrected chi connectivity index (χ2v) is 5.55. The molecule has 4 N–H and O–H groups in total. The summed E-state index contributed by atoms with van der Waals surface area (Å²) in [6.07, 6.45) is -0.618. The lowest BCUT2D eigenvalue weighted by molar-refractivity contribution is -0.122. The molecule has 0 saturated heterocycles. The van der Waals surface area contributed by atoms with Gasteiger partial charge in [-0.15, -0.1) is 0 Å². The molecular weight excluding hydrogens is 244 g/mol. The first-order valence-corrected chi connectivity index (χ1v) is 6.27. The minimum atomic E-state index is -3.97. The van der Waals surface area contributed by atoms with Crippen molar-refractivity contribution < 1.29 is 18.0 Å². The highest BCUT2D eigenvalue weighted by Crippen LogP contribution is 2.17. The molecule has 17 heavy (non-hydrogen) atoms. The van der Waals surface area contributed by atoms with E-state index in [9.17, 15) is 18.0 Å². The third-order valence-corrected chi connectivity index (χ3v) is 4.23. The maximum Gasteiger partial charge on any atom is 0.236 e. The highest BCUT2D eigenvalue weighted by Gasteiger charge is 2.33. The predicted molar refractivity (Wildman–Crippen MR) is 60.4 cm³/mol. The molecule has 0 fully saturated rings. The molecule has 0 radical (unpaired) electrons. The quantitative estimate of drug-likeness (QED) is 0.715. The first-order valence-electron chi connectivity index (χ1n) is 4.72. The monoisotopic (exact) mass is 256 g/mol. The minimum absolute atomic E-state index is 0.0648. The fourth-order valence-electron chi connectivity index (χ4n) is 1.32. The van der Waals surface area contributed by atoms with Gasteiger partial charge in [-0.2, -0.15) is 0 Å². The van der Waals surface area contributed by atoms with Crippen LogP contribution < -0.4 is 11.5 Å². The lowest BCUT2D eigenvalue weighted by Crippen LogP contribution is -2.39. The molecule has 2 amide bonds. The van der Waals surface area contributed by atoms with Crippen LogP contribution in [-0.2, 0) is 19.4 Å². The Bertz CT molecular complexity index is 524. The van der Waals surface area contributed by atoms with Gasteiger partial charge in [0.1, 0.15) is 0 Å². The molecule has 0 spiro atoms. The fraction of sp³-hybridized carbons (Fsp3) is 0.200. The summed E-state index contributed by atoms with van der Waals surface area (Å²) in [6.45, 7) is 0. The van der Waals surface area contributed by atoms with Crippen LogP contribution in [0.15, 0.2) is 35.2 Å². The maximum atomic E-state index is 12.0. The van der Waals surface area contributed by atoms with Crippen molar-refractivity contribution in [3.05, 3.63) is 30.3 Å². The van der Waals surface area contributed by atoms with Gasteiger partial charge in [-0.1, -0.05) is 18.2 Å². The number of hydrogen-bond acceptors (Lipinski definition) is 4. The van der Waals surface area contributed by atoms with Crippen LogP contribution in [0.3, 0.4) is 0 Å². The Morgan fingerprint density at radius 3 is 2.06 bits per heavy atom. The van der Waals surface area contributed by atoms with E-state index in [0.29, 0.717) is 0 Å². The van der Waals surface area contributed by atoms with Crippen molar-refractivity contribution in [2.75, 3.05) is 0 Å². The van der Waals surface area contributed by atoms with Crippen LogP contribution in [0.2, 0.25) is 0 Å². The molecule has 1 aromatic rings. The zero-order valence-electron chi connectivity index (χ0n) is 8.87. The minimum Gasteiger partial charge on any atom is -0.370 e. The van der Waals surface area contributed by atoms with E-state index in [0.717, 1.165) is 0 Å². The van der Waals surface area contributed by atoms with Gasteiger partial charge in [0.2, 0.25) is 11.8 Å². The second-order valence-electron chi connectivity index (χ2n) is 3.42. The van der Waals surface area contributed by atoms with Crippen LogP contribution in [-0.4, -0.2) is 25.5 Å². The molecule has 1 rings (SSSR count). The van der Waals surface area contributed by atoms with Gasteiger partial charge in [0.25, 0.3) is 0 Å². The summed E-state index contributed by atoms with van der Waals surface area (Å²) in [5, 5.41) is -1.62. The fourth-order valence-corrected chi connectivity index (χ4v) is 2.87. The van der Waals surface area contributed by atoms with E-state index in [2.05, 4.69) is 0 Å². The van der Waals surface area contributed by atoms with E-state index in [1.165, 1.54) is 24.3 Å². The van der Waals surface area contributed by atoms with Gasteiger partial charge in [-0.05, 0) is 12.1 Å². The zero-order chi connectivity index (χ0) is 13.1. The first-order chi connectivity index (χ1) is 7.85. The molecule has 0 aliphatic heterocycles. The third kappa shape index (κ3) is 3.04. The molecule has 0 heterocycles. The molecular formula is C10H12N2O4S. The highest BCUT2D eigenvalue weighted by atomic mass is 32.2. The van der Waals surface area contributed by atoms with E-state index >= 15 is 0 Å². The molecule has 0 saturated carbocycles. The van der Waals surface area contributed by atoms with Gasteiger partial charge in [0, 0.05) is 0 Å². The summed E-state index contributed by atoms with van der Waals surface area (Å²) in [5.74, 6) is -1.99. The molecule has 92 valence electrons. The molecule has 0 bridgehead atoms. The maximum absolute atomic E-state index is 12.0. The average Bonchev–Trinajstić information content (AvgIpc) is 2.26. The van der Waals surface area contributed by atoms with Gasteiger partial charge >= 0.3 is 0 Å². The van der Waals surface area contributed by atoms with Crippen LogP contribution >= 0.6 is 0 Å². The van der Waals surface area contributed by atoms with Crippen LogP contribution in [0, 0.1) is 0 Å². The zero-order valence-corrected chi connectivity index (χ0v) is 9.68. The van der Waals surface area contributed by atoms with Gasteiger partial charge in [0.05, 0.1) is 11.3 Å². The van der Waals surface area contributed by atoms with E-state index in [1.54, 1.807) is 6.07 Å². The Kier molecular flexibility index (Phi) is 3.84. The summed E-state index contributed by atoms with van der Waals surface area (Å²) in [5.41, 5.74) is 9.88. The van der Waals surface area contributed by atoms with Crippen molar-refractivity contribution in [2.45, 2.75) is 16.6 Å². The molecule has 6 nitrogen and oxygen atoms in total. The summed E-state index contributed by atoms with van der Waals surface area (Å²) < 4.78 is 24.0. The molecule has 1 aromatic carbocycles. The topological polar surface area (TPSA) is 120 Å². The SMILES string of the molecule is NC(=O)CC(C(N)=O)S(=O)(=O)c1ccccc1. The first kappa shape index (κ1) is 13.2. The number of carbonyl (C=O) groups excluding carboxylic acids is 2. The van der Waals surface area contributed by atoms with E-state index in [1.807, 2.05) is 0 Å². The van der Waals surface area contributed by atoms with Crippen molar-refractivity contribution in [2.24, 2.45) is 11.5 Å². The van der Waals surface area contributed by atoms with Crippen LogP contribution in [0.25, 0.3) is 0 Å². The van der Waals surface area contributed by atoms with Gasteiger partial charge in [-0.25, -0.2) is 8.42 Å². The van der Waals surface area contributed by atoms with Gasteiger partial charge in [-0.3, -0.25) is 9.59 Å². The van der Waals surface area contributed by atoms with Crippen molar-refractivity contribution in [1.82, 2.24) is 0 Å². The van der Waals surface area contributed by atoms with Crippen molar-refractivity contribution in [3.63, 3.8) is 0 Å². The van der Waals surface area contributed by atoms with Crippen LogP contribution in [0.4, 0.5) is 0 Å². The molecule has 0 aromatic heterocycles. The molecule has 1 unspecified atom stereocenters. The second kappa shape index (κ2) is 4.96. The van der Waals surface area contributed by atoms with Crippen LogP contribution in [0.1, 0.15) is 6.42 Å². The number of sulfone groups is 1. The number of amides is 2. The summed E-state index contributed by atoms with van der Waals surface area (Å²) >= 11 is 0. The molecule has 0 aliphatic carbocycles. The lowest BCUT2D eigenvalue weighted by Gasteiger charge is -2.12. The van der Waals surface area contributed by atoms with Crippen molar-refractivity contribution in [1.29, 1.82) is 0 Å². The Hall–Kier alpha value is -1.89. The summed E-state index contributed by atoms with van der Waals surface area (Å²) in [7, 11) is -3.97. The lowest BCUT2D eigenvalue weighted by atomic mass is 10.3. The number of nitrogens with two attached hydrogens (primary N) is 2. The average molecular weight is 256 g/mol. The van der Waals surface area contributed by atoms with E-state index in [-0.39, 0.29) is 4.90 Å². The smallest absolute Gasteiger partial charge is 0.236 e. The summed E-state index contributed by atoms with van der Waals surface area (Å²) in [6, 6.07) is 7.30. The van der Waals surface area contributed by atoms with E-state index < -0.39 is 33.3 Å². The largest absolute Gasteiger partial charge is 0.370 e. The predicted octanol–water partition coefficient (Wildman–Crippen LogP) is -0.810. The summed E-state index contributed by atoms with van der Waals surface area (Å²) in [4.78, 5) is 21.8. The Morgan fingerprint density at radius 1 is 1.12 bits per heavy atom. The highest BCUT2D eigenvalue weighted by molar-refractivity contribution is 7.92. The Labute approximate surface area is 98.5 Å². The number of primary amides is 2. The van der Waals surface area contributed by atoms with Crippen molar-refractivity contribution >= 4 is 21.7 Å². The normalized spacial score (nSPS) is 12.9.